The SMILES string of the molecule is O=C(c1ccc(COc2ccc3c(c2)CCN(C2CCN(C4CCC4)CC2)C3=O)cc1)N1CCCC1. The van der Waals surface area contributed by atoms with Crippen LogP contribution in [0.15, 0.2) is 42.5 Å². The molecule has 190 valence electrons. The Morgan fingerprint density at radius 2 is 1.58 bits per heavy atom. The second kappa shape index (κ2) is 10.3. The molecule has 6 rings (SSSR count). The summed E-state index contributed by atoms with van der Waals surface area (Å²) in [6.07, 6.45) is 9.37. The van der Waals surface area contributed by atoms with Crippen molar-refractivity contribution < 1.29 is 14.3 Å². The minimum absolute atomic E-state index is 0.122. The molecule has 0 radical (unpaired) electrons. The minimum atomic E-state index is 0.122. The minimum Gasteiger partial charge on any atom is -0.489 e. The predicted molar refractivity (Wildman–Crippen MR) is 139 cm³/mol. The van der Waals surface area contributed by atoms with Crippen molar-refractivity contribution in [2.24, 2.45) is 0 Å². The van der Waals surface area contributed by atoms with Gasteiger partial charge < -0.3 is 19.4 Å². The highest BCUT2D eigenvalue weighted by Crippen LogP contribution is 2.31. The van der Waals surface area contributed by atoms with Gasteiger partial charge in [0.2, 0.25) is 0 Å². The first-order chi connectivity index (χ1) is 17.7. The van der Waals surface area contributed by atoms with Crippen LogP contribution < -0.4 is 4.74 Å². The molecule has 36 heavy (non-hydrogen) atoms. The Hall–Kier alpha value is -2.86. The lowest BCUT2D eigenvalue weighted by atomic mass is 9.88. The maximum Gasteiger partial charge on any atom is 0.254 e. The second-order valence-electron chi connectivity index (χ2n) is 10.9. The number of carbonyl (C=O) groups is 2. The summed E-state index contributed by atoms with van der Waals surface area (Å²) in [6, 6.07) is 14.8. The van der Waals surface area contributed by atoms with Gasteiger partial charge in [0.1, 0.15) is 12.4 Å². The van der Waals surface area contributed by atoms with Crippen molar-refractivity contribution in [1.82, 2.24) is 14.7 Å². The van der Waals surface area contributed by atoms with E-state index in [0.717, 1.165) is 98.9 Å². The van der Waals surface area contributed by atoms with Crippen molar-refractivity contribution in [1.29, 1.82) is 0 Å². The normalized spacial score (nSPS) is 21.4. The van der Waals surface area contributed by atoms with Crippen LogP contribution in [0.3, 0.4) is 0 Å². The van der Waals surface area contributed by atoms with Gasteiger partial charge >= 0.3 is 0 Å². The Morgan fingerprint density at radius 1 is 0.833 bits per heavy atom. The summed E-state index contributed by atoms with van der Waals surface area (Å²) >= 11 is 0. The first-order valence-corrected chi connectivity index (χ1v) is 13.8. The first kappa shape index (κ1) is 23.5. The fourth-order valence-corrected chi connectivity index (χ4v) is 6.25. The molecule has 0 unspecified atom stereocenters. The molecule has 2 saturated heterocycles. The summed E-state index contributed by atoms with van der Waals surface area (Å²) < 4.78 is 6.06. The Morgan fingerprint density at radius 3 is 2.28 bits per heavy atom. The van der Waals surface area contributed by atoms with Crippen LogP contribution in [0.4, 0.5) is 0 Å². The Bertz CT molecular complexity index is 1100. The van der Waals surface area contributed by atoms with Gasteiger partial charge in [-0.1, -0.05) is 18.6 Å². The molecule has 4 aliphatic rings. The predicted octanol–water partition coefficient (Wildman–Crippen LogP) is 4.52. The van der Waals surface area contributed by atoms with E-state index in [1.54, 1.807) is 0 Å². The lowest BCUT2D eigenvalue weighted by Gasteiger charge is -2.45. The molecule has 2 aromatic carbocycles. The first-order valence-electron chi connectivity index (χ1n) is 13.8. The van der Waals surface area contributed by atoms with E-state index in [9.17, 15) is 9.59 Å². The van der Waals surface area contributed by atoms with Crippen LogP contribution in [0.2, 0.25) is 0 Å². The summed E-state index contributed by atoms with van der Waals surface area (Å²) in [5.41, 5.74) is 3.69. The van der Waals surface area contributed by atoms with E-state index in [0.29, 0.717) is 12.6 Å². The Balaban J connectivity index is 1.04. The molecule has 3 fully saturated rings. The monoisotopic (exact) mass is 487 g/mol. The van der Waals surface area contributed by atoms with Crippen LogP contribution in [0.1, 0.15) is 76.8 Å². The van der Waals surface area contributed by atoms with Crippen molar-refractivity contribution in [2.45, 2.75) is 70.1 Å². The standard InChI is InChI=1S/C30H37N3O3/c34-29(32-15-1-2-16-32)23-8-6-22(7-9-23)21-36-27-10-11-28-24(20-27)12-19-33(30(28)35)26-13-17-31(18-14-26)25-4-3-5-25/h6-11,20,25-26H,1-5,12-19,21H2. The average molecular weight is 488 g/mol. The number of amides is 2. The van der Waals surface area contributed by atoms with Gasteiger partial charge in [-0.25, -0.2) is 0 Å². The van der Waals surface area contributed by atoms with E-state index in [1.807, 2.05) is 47.4 Å². The Kier molecular flexibility index (Phi) is 6.70. The van der Waals surface area contributed by atoms with Crippen LogP contribution in [0.25, 0.3) is 0 Å². The maximum absolute atomic E-state index is 13.3. The molecule has 6 heteroatoms. The summed E-state index contributed by atoms with van der Waals surface area (Å²) in [4.78, 5) is 32.6. The summed E-state index contributed by atoms with van der Waals surface area (Å²) in [5.74, 6) is 1.10. The zero-order chi connectivity index (χ0) is 24.5. The number of rotatable bonds is 6. The van der Waals surface area contributed by atoms with Gasteiger partial charge in [0.15, 0.2) is 0 Å². The van der Waals surface area contributed by atoms with E-state index < -0.39 is 0 Å². The van der Waals surface area contributed by atoms with Gasteiger partial charge in [-0.3, -0.25) is 9.59 Å². The lowest BCUT2D eigenvalue weighted by molar-refractivity contribution is 0.0414. The van der Waals surface area contributed by atoms with E-state index in [1.165, 1.54) is 19.3 Å². The third-order valence-electron chi connectivity index (χ3n) is 8.72. The third-order valence-corrected chi connectivity index (χ3v) is 8.72. The Labute approximate surface area is 214 Å². The molecular formula is C30H37N3O3. The molecular weight excluding hydrogens is 450 g/mol. The lowest BCUT2D eigenvalue weighted by Crippen LogP contribution is -2.52. The van der Waals surface area contributed by atoms with Crippen molar-refractivity contribution in [3.8, 4) is 5.75 Å². The summed E-state index contributed by atoms with van der Waals surface area (Å²) in [5, 5.41) is 0. The van der Waals surface area contributed by atoms with Gasteiger partial charge in [-0.05, 0) is 86.4 Å². The van der Waals surface area contributed by atoms with Gasteiger partial charge in [-0.15, -0.1) is 0 Å². The molecule has 6 nitrogen and oxygen atoms in total. The number of piperidine rings is 1. The zero-order valence-corrected chi connectivity index (χ0v) is 21.2. The van der Waals surface area contributed by atoms with E-state index in [-0.39, 0.29) is 11.8 Å². The fraction of sp³-hybridized carbons (Fsp3) is 0.533. The molecule has 0 aromatic heterocycles. The average Bonchev–Trinajstić information content (AvgIpc) is 3.42. The van der Waals surface area contributed by atoms with Crippen LogP contribution in [-0.2, 0) is 13.0 Å². The zero-order valence-electron chi connectivity index (χ0n) is 21.2. The topological polar surface area (TPSA) is 53.1 Å². The summed E-state index contributed by atoms with van der Waals surface area (Å²) in [7, 11) is 0. The number of nitrogens with zero attached hydrogens (tertiary/aromatic N) is 3. The van der Waals surface area contributed by atoms with Gasteiger partial charge in [0, 0.05) is 55.9 Å². The van der Waals surface area contributed by atoms with E-state index in [2.05, 4.69) is 9.80 Å². The molecule has 0 atom stereocenters. The second-order valence-corrected chi connectivity index (χ2v) is 10.9. The quantitative estimate of drug-likeness (QED) is 0.601. The van der Waals surface area contributed by atoms with Gasteiger partial charge in [-0.2, -0.15) is 0 Å². The van der Waals surface area contributed by atoms with Crippen molar-refractivity contribution >= 4 is 11.8 Å². The number of carbonyl (C=O) groups excluding carboxylic acids is 2. The smallest absolute Gasteiger partial charge is 0.254 e. The molecule has 2 aromatic rings. The van der Waals surface area contributed by atoms with Crippen molar-refractivity contribution in [3.05, 3.63) is 64.7 Å². The number of ether oxygens (including phenoxy) is 1. The largest absolute Gasteiger partial charge is 0.489 e. The molecule has 2 amide bonds. The molecule has 0 N–H and O–H groups in total. The number of likely N-dealkylation sites (tertiary alicyclic amines) is 2. The van der Waals surface area contributed by atoms with Gasteiger partial charge in [0.25, 0.3) is 11.8 Å². The molecule has 1 aliphatic carbocycles. The van der Waals surface area contributed by atoms with Crippen LogP contribution in [0, 0.1) is 0 Å². The molecule has 0 bridgehead atoms. The van der Waals surface area contributed by atoms with Crippen molar-refractivity contribution in [3.63, 3.8) is 0 Å². The van der Waals surface area contributed by atoms with Crippen molar-refractivity contribution in [2.75, 3.05) is 32.7 Å². The molecule has 1 saturated carbocycles. The van der Waals surface area contributed by atoms with Gasteiger partial charge in [0.05, 0.1) is 0 Å². The number of fused-ring (bicyclic) bond motifs is 1. The molecule has 3 aliphatic heterocycles. The molecule has 0 spiro atoms. The highest BCUT2D eigenvalue weighted by Gasteiger charge is 2.35. The maximum atomic E-state index is 13.3. The number of benzene rings is 2. The third kappa shape index (κ3) is 4.75. The highest BCUT2D eigenvalue weighted by atomic mass is 16.5. The van der Waals surface area contributed by atoms with E-state index in [4.69, 9.17) is 4.74 Å². The summed E-state index contributed by atoms with van der Waals surface area (Å²) in [6.45, 7) is 5.23. The number of hydrogen-bond acceptors (Lipinski definition) is 4. The van der Waals surface area contributed by atoms with E-state index >= 15 is 0 Å². The fourth-order valence-electron chi connectivity index (χ4n) is 6.25. The highest BCUT2D eigenvalue weighted by molar-refractivity contribution is 5.97. The van der Waals surface area contributed by atoms with Crippen LogP contribution in [-0.4, -0.2) is 71.3 Å². The number of hydrogen-bond donors (Lipinski definition) is 0. The van der Waals surface area contributed by atoms with Crippen LogP contribution >= 0.6 is 0 Å². The molecule has 3 heterocycles. The van der Waals surface area contributed by atoms with Crippen LogP contribution in [0.5, 0.6) is 5.75 Å².